The average molecular weight is 476 g/mol. The Morgan fingerprint density at radius 2 is 1.89 bits per heavy atom. The average Bonchev–Trinajstić information content (AvgIpc) is 3.17. The Labute approximate surface area is 200 Å². The summed E-state index contributed by atoms with van der Waals surface area (Å²) in [6.45, 7) is 3.99. The second-order valence-electron chi connectivity index (χ2n) is 8.05. The van der Waals surface area contributed by atoms with E-state index >= 15 is 0 Å². The predicted molar refractivity (Wildman–Crippen MR) is 131 cm³/mol. The summed E-state index contributed by atoms with van der Waals surface area (Å²) in [5.74, 6) is 0.522. The van der Waals surface area contributed by atoms with E-state index in [4.69, 9.17) is 15.0 Å². The third-order valence-electron chi connectivity index (χ3n) is 5.68. The fraction of sp³-hybridized carbons (Fsp3) is 0.200. The maximum absolute atomic E-state index is 13.2. The molecule has 0 aliphatic carbocycles. The summed E-state index contributed by atoms with van der Waals surface area (Å²) >= 11 is 0. The van der Waals surface area contributed by atoms with E-state index < -0.39 is 17.2 Å². The molecule has 3 N–H and O–H groups in total. The van der Waals surface area contributed by atoms with Gasteiger partial charge >= 0.3 is 5.69 Å². The number of benzene rings is 2. The van der Waals surface area contributed by atoms with Crippen LogP contribution in [-0.4, -0.2) is 27.7 Å². The van der Waals surface area contributed by atoms with Gasteiger partial charge in [-0.2, -0.15) is 0 Å². The second-order valence-corrected chi connectivity index (χ2v) is 8.05. The molecule has 0 atom stereocenters. The number of nitrogens with two attached hydrogens (primary N) is 1. The van der Waals surface area contributed by atoms with E-state index in [0.29, 0.717) is 11.5 Å². The summed E-state index contributed by atoms with van der Waals surface area (Å²) in [4.78, 5) is 41.7. The van der Waals surface area contributed by atoms with Gasteiger partial charge in [-0.1, -0.05) is 41.6 Å². The van der Waals surface area contributed by atoms with Crippen LogP contribution in [0.5, 0.6) is 5.75 Å². The molecule has 0 radical (unpaired) electrons. The van der Waals surface area contributed by atoms with Gasteiger partial charge < -0.3 is 19.9 Å². The quantitative estimate of drug-likeness (QED) is 0.419. The lowest BCUT2D eigenvalue weighted by molar-refractivity contribution is 0.0992. The monoisotopic (exact) mass is 475 g/mol. The van der Waals surface area contributed by atoms with E-state index in [-0.39, 0.29) is 30.2 Å². The summed E-state index contributed by atoms with van der Waals surface area (Å²) < 4.78 is 12.2. The number of rotatable bonds is 7. The summed E-state index contributed by atoms with van der Waals surface area (Å²) in [7, 11) is 1.43. The number of carbonyl (C=O) groups excluding carboxylic acids is 1. The van der Waals surface area contributed by atoms with Gasteiger partial charge in [-0.05, 0) is 37.6 Å². The number of anilines is 2. The van der Waals surface area contributed by atoms with Gasteiger partial charge in [0.1, 0.15) is 23.9 Å². The largest absolute Gasteiger partial charge is 0.489 e. The van der Waals surface area contributed by atoms with E-state index in [0.717, 1.165) is 21.7 Å². The highest BCUT2D eigenvalue weighted by atomic mass is 16.5. The number of aryl methyl sites for hydroxylation is 2. The zero-order valence-corrected chi connectivity index (χ0v) is 19.6. The number of carbonyl (C=O) groups is 1. The van der Waals surface area contributed by atoms with Crippen LogP contribution in [0, 0.1) is 13.8 Å². The van der Waals surface area contributed by atoms with Gasteiger partial charge in [0, 0.05) is 12.6 Å². The van der Waals surface area contributed by atoms with Crippen molar-refractivity contribution in [3.05, 3.63) is 104 Å². The smallest absolute Gasteiger partial charge is 0.330 e. The minimum absolute atomic E-state index is 0.107. The Hall–Kier alpha value is -4.60. The number of nitrogen functional groups attached to an aromatic ring is 1. The van der Waals surface area contributed by atoms with E-state index in [1.54, 1.807) is 31.2 Å². The number of hydrogen-bond donors (Lipinski definition) is 2. The Bertz CT molecular complexity index is 1470. The molecule has 10 nitrogen and oxygen atoms in total. The Kier molecular flexibility index (Phi) is 6.54. The van der Waals surface area contributed by atoms with Crippen molar-refractivity contribution in [3.8, 4) is 5.75 Å². The molecule has 0 saturated heterocycles. The molecule has 4 rings (SSSR count). The van der Waals surface area contributed by atoms with Crippen LogP contribution >= 0.6 is 0 Å². The number of aromatic nitrogens is 3. The molecule has 0 aliphatic heterocycles. The molecule has 0 spiro atoms. The fourth-order valence-corrected chi connectivity index (χ4v) is 3.70. The van der Waals surface area contributed by atoms with Gasteiger partial charge in [-0.3, -0.25) is 19.1 Å². The fourth-order valence-electron chi connectivity index (χ4n) is 3.70. The van der Waals surface area contributed by atoms with Crippen LogP contribution in [0.3, 0.4) is 0 Å². The minimum atomic E-state index is -0.751. The highest BCUT2D eigenvalue weighted by Crippen LogP contribution is 2.22. The number of H-pyrrole nitrogens is 1. The standard InChI is InChI=1S/C25H25N5O5/c1-15-20(16(2)35-28-15)14-34-19-11-7-10-18(12-19)24(32)29(3)21-22(26)30(25(33)27-23(21)31)13-17-8-5-4-6-9-17/h4-12H,13-14,26H2,1-3H3,(H,27,31,33). The van der Waals surface area contributed by atoms with Crippen LogP contribution in [0.1, 0.15) is 32.9 Å². The van der Waals surface area contributed by atoms with Crippen molar-refractivity contribution >= 4 is 17.4 Å². The maximum atomic E-state index is 13.2. The minimum Gasteiger partial charge on any atom is -0.489 e. The van der Waals surface area contributed by atoms with Gasteiger partial charge in [0.15, 0.2) is 5.69 Å². The molecular formula is C25H25N5O5. The first kappa shape index (κ1) is 23.6. The highest BCUT2D eigenvalue weighted by molar-refractivity contribution is 6.07. The first-order chi connectivity index (χ1) is 16.8. The van der Waals surface area contributed by atoms with Crippen molar-refractivity contribution in [2.45, 2.75) is 27.0 Å². The molecule has 1 amide bonds. The van der Waals surface area contributed by atoms with Crippen molar-refractivity contribution in [1.29, 1.82) is 0 Å². The van der Waals surface area contributed by atoms with Gasteiger partial charge in [0.05, 0.1) is 17.8 Å². The number of nitrogens with zero attached hydrogens (tertiary/aromatic N) is 3. The van der Waals surface area contributed by atoms with Crippen LogP contribution in [0.25, 0.3) is 0 Å². The van der Waals surface area contributed by atoms with E-state index in [1.165, 1.54) is 11.6 Å². The predicted octanol–water partition coefficient (Wildman–Crippen LogP) is 2.63. The van der Waals surface area contributed by atoms with Crippen molar-refractivity contribution in [3.63, 3.8) is 0 Å². The third-order valence-corrected chi connectivity index (χ3v) is 5.68. The number of aromatic amines is 1. The Morgan fingerprint density at radius 3 is 2.57 bits per heavy atom. The third kappa shape index (κ3) is 4.86. The van der Waals surface area contributed by atoms with Crippen molar-refractivity contribution < 1.29 is 14.1 Å². The van der Waals surface area contributed by atoms with E-state index in [2.05, 4.69) is 10.1 Å². The molecule has 0 aliphatic rings. The number of ether oxygens (including phenoxy) is 1. The summed E-state index contributed by atoms with van der Waals surface area (Å²) in [5.41, 5.74) is 7.35. The lowest BCUT2D eigenvalue weighted by Gasteiger charge is -2.20. The Morgan fingerprint density at radius 1 is 1.14 bits per heavy atom. The molecule has 0 bridgehead atoms. The second kappa shape index (κ2) is 9.72. The maximum Gasteiger partial charge on any atom is 0.330 e. The van der Waals surface area contributed by atoms with Gasteiger partial charge in [-0.15, -0.1) is 0 Å². The van der Waals surface area contributed by atoms with Gasteiger partial charge in [0.25, 0.3) is 11.5 Å². The molecule has 10 heteroatoms. The normalized spacial score (nSPS) is 10.8. The van der Waals surface area contributed by atoms with Crippen LogP contribution in [-0.2, 0) is 13.2 Å². The van der Waals surface area contributed by atoms with Crippen LogP contribution in [0.15, 0.2) is 68.7 Å². The molecule has 180 valence electrons. The van der Waals surface area contributed by atoms with E-state index in [1.807, 2.05) is 37.3 Å². The molecule has 35 heavy (non-hydrogen) atoms. The number of nitrogens with one attached hydrogen (secondary N) is 1. The molecule has 2 aromatic heterocycles. The molecular weight excluding hydrogens is 450 g/mol. The van der Waals surface area contributed by atoms with Gasteiger partial charge in [-0.25, -0.2) is 4.79 Å². The molecule has 0 saturated carbocycles. The number of hydrogen-bond acceptors (Lipinski definition) is 7. The number of amides is 1. The lowest BCUT2D eigenvalue weighted by atomic mass is 10.1. The first-order valence-corrected chi connectivity index (χ1v) is 10.9. The van der Waals surface area contributed by atoms with Crippen molar-refractivity contribution in [2.75, 3.05) is 17.7 Å². The van der Waals surface area contributed by atoms with Crippen LogP contribution in [0.4, 0.5) is 11.5 Å². The van der Waals surface area contributed by atoms with Crippen LogP contribution < -0.4 is 26.6 Å². The summed E-state index contributed by atoms with van der Waals surface area (Å²) in [6, 6.07) is 15.8. The highest BCUT2D eigenvalue weighted by Gasteiger charge is 2.22. The van der Waals surface area contributed by atoms with Crippen molar-refractivity contribution in [2.24, 2.45) is 0 Å². The molecule has 4 aromatic rings. The first-order valence-electron chi connectivity index (χ1n) is 10.9. The topological polar surface area (TPSA) is 136 Å². The van der Waals surface area contributed by atoms with Crippen molar-refractivity contribution in [1.82, 2.24) is 14.7 Å². The van der Waals surface area contributed by atoms with E-state index in [9.17, 15) is 14.4 Å². The zero-order valence-electron chi connectivity index (χ0n) is 19.6. The molecule has 2 aromatic carbocycles. The molecule has 2 heterocycles. The lowest BCUT2D eigenvalue weighted by Crippen LogP contribution is -2.39. The molecule has 0 unspecified atom stereocenters. The zero-order chi connectivity index (χ0) is 25.1. The summed E-state index contributed by atoms with van der Waals surface area (Å²) in [5, 5.41) is 3.90. The Balaban J connectivity index is 1.60. The summed E-state index contributed by atoms with van der Waals surface area (Å²) in [6.07, 6.45) is 0. The van der Waals surface area contributed by atoms with Crippen LogP contribution in [0.2, 0.25) is 0 Å². The SMILES string of the molecule is Cc1noc(C)c1COc1cccc(C(=O)N(C)c2c(N)n(Cc3ccccc3)c(=O)[nH]c2=O)c1. The molecule has 0 fully saturated rings. The van der Waals surface area contributed by atoms with Gasteiger partial charge in [0.2, 0.25) is 0 Å².